The summed E-state index contributed by atoms with van der Waals surface area (Å²) in [5, 5.41) is 18.4. The van der Waals surface area contributed by atoms with Crippen molar-refractivity contribution < 1.29 is 19.7 Å². The van der Waals surface area contributed by atoms with Gasteiger partial charge in [-0.25, -0.2) is 4.79 Å². The Kier molecular flexibility index (Phi) is 2.83. The summed E-state index contributed by atoms with van der Waals surface area (Å²) in [5.41, 5.74) is 0.550. The Balaban J connectivity index is 2.64. The molecule has 0 heterocycles. The first-order valence-corrected chi connectivity index (χ1v) is 3.79. The molecule has 0 aromatic carbocycles. The van der Waals surface area contributed by atoms with Gasteiger partial charge in [0.1, 0.15) is 6.10 Å². The highest BCUT2D eigenvalue weighted by Gasteiger charge is 2.28. The summed E-state index contributed by atoms with van der Waals surface area (Å²) in [6.07, 6.45) is 0.660. The van der Waals surface area contributed by atoms with E-state index in [0.29, 0.717) is 18.4 Å². The molecule has 1 fully saturated rings. The smallest absolute Gasteiger partial charge is 0.330 e. The average Bonchev–Trinajstić information content (AvgIpc) is 2.36. The van der Waals surface area contributed by atoms with E-state index in [2.05, 4.69) is 4.74 Å². The summed E-state index contributed by atoms with van der Waals surface area (Å²) in [4.78, 5) is 10.7. The van der Waals surface area contributed by atoms with Gasteiger partial charge in [0.05, 0.1) is 13.2 Å². The Labute approximate surface area is 70.5 Å². The van der Waals surface area contributed by atoms with Crippen LogP contribution in [0.5, 0.6) is 0 Å². The molecule has 0 amide bonds. The molecule has 2 atom stereocenters. The minimum atomic E-state index is -0.899. The summed E-state index contributed by atoms with van der Waals surface area (Å²) in [7, 11) is 1.27. The zero-order valence-corrected chi connectivity index (χ0v) is 6.86. The molecule has 2 N–H and O–H groups in total. The van der Waals surface area contributed by atoms with Crippen molar-refractivity contribution in [1.29, 1.82) is 0 Å². The van der Waals surface area contributed by atoms with Crippen molar-refractivity contribution in [3.05, 3.63) is 11.6 Å². The van der Waals surface area contributed by atoms with Gasteiger partial charge in [0.2, 0.25) is 0 Å². The van der Waals surface area contributed by atoms with E-state index < -0.39 is 18.2 Å². The number of hydrogen-bond acceptors (Lipinski definition) is 4. The Bertz CT molecular complexity index is 209. The second kappa shape index (κ2) is 3.69. The monoisotopic (exact) mass is 172 g/mol. The lowest BCUT2D eigenvalue weighted by atomic mass is 10.2. The molecule has 12 heavy (non-hydrogen) atoms. The molecule has 0 aromatic heterocycles. The van der Waals surface area contributed by atoms with Crippen LogP contribution in [0.2, 0.25) is 0 Å². The van der Waals surface area contributed by atoms with E-state index in [-0.39, 0.29) is 0 Å². The van der Waals surface area contributed by atoms with Crippen LogP contribution < -0.4 is 0 Å². The Morgan fingerprint density at radius 3 is 2.75 bits per heavy atom. The maximum Gasteiger partial charge on any atom is 0.330 e. The predicted octanol–water partition coefficient (Wildman–Crippen LogP) is -0.399. The van der Waals surface area contributed by atoms with Crippen molar-refractivity contribution in [1.82, 2.24) is 0 Å². The SMILES string of the molecule is COC(=O)/C=C1\CC[C@@H](O)[C@H]1O. The largest absolute Gasteiger partial charge is 0.466 e. The maximum absolute atomic E-state index is 10.7. The third-order valence-corrected chi connectivity index (χ3v) is 1.98. The zero-order chi connectivity index (χ0) is 9.14. The number of ether oxygens (including phenoxy) is 1. The summed E-state index contributed by atoms with van der Waals surface area (Å²) < 4.78 is 4.39. The topological polar surface area (TPSA) is 66.8 Å². The van der Waals surface area contributed by atoms with Gasteiger partial charge in [-0.3, -0.25) is 0 Å². The van der Waals surface area contributed by atoms with Crippen LogP contribution in [-0.4, -0.2) is 35.5 Å². The van der Waals surface area contributed by atoms with Gasteiger partial charge in [0.15, 0.2) is 0 Å². The van der Waals surface area contributed by atoms with E-state index >= 15 is 0 Å². The number of hydrogen-bond donors (Lipinski definition) is 2. The molecule has 0 saturated heterocycles. The number of aliphatic hydroxyl groups is 2. The van der Waals surface area contributed by atoms with Crippen molar-refractivity contribution in [2.45, 2.75) is 25.0 Å². The van der Waals surface area contributed by atoms with E-state index in [1.165, 1.54) is 13.2 Å². The summed E-state index contributed by atoms with van der Waals surface area (Å²) in [6.45, 7) is 0. The molecule has 0 spiro atoms. The number of carbonyl (C=O) groups is 1. The number of aliphatic hydroxyl groups excluding tert-OH is 2. The lowest BCUT2D eigenvalue weighted by Crippen LogP contribution is -2.20. The molecule has 1 aliphatic carbocycles. The van der Waals surface area contributed by atoms with E-state index in [9.17, 15) is 9.90 Å². The van der Waals surface area contributed by atoms with Gasteiger partial charge >= 0.3 is 5.97 Å². The highest BCUT2D eigenvalue weighted by atomic mass is 16.5. The molecular weight excluding hydrogens is 160 g/mol. The minimum absolute atomic E-state index is 0.488. The Morgan fingerprint density at radius 1 is 1.67 bits per heavy atom. The normalized spacial score (nSPS) is 32.4. The van der Waals surface area contributed by atoms with Crippen LogP contribution >= 0.6 is 0 Å². The first-order valence-electron chi connectivity index (χ1n) is 3.79. The third-order valence-electron chi connectivity index (χ3n) is 1.98. The van der Waals surface area contributed by atoms with E-state index in [1.54, 1.807) is 0 Å². The second-order valence-electron chi connectivity index (χ2n) is 2.79. The standard InChI is InChI=1S/C8H12O4/c1-12-7(10)4-5-2-3-6(9)8(5)11/h4,6,8-9,11H,2-3H2,1H3/b5-4+/t6-,8+/m1/s1. The van der Waals surface area contributed by atoms with Gasteiger partial charge in [-0.05, 0) is 18.4 Å². The first kappa shape index (κ1) is 9.22. The zero-order valence-electron chi connectivity index (χ0n) is 6.86. The third kappa shape index (κ3) is 1.84. The van der Waals surface area contributed by atoms with Crippen LogP contribution in [0.1, 0.15) is 12.8 Å². The highest BCUT2D eigenvalue weighted by Crippen LogP contribution is 2.24. The fraction of sp³-hybridized carbons (Fsp3) is 0.625. The molecule has 0 unspecified atom stereocenters. The van der Waals surface area contributed by atoms with Gasteiger partial charge < -0.3 is 14.9 Å². The summed E-state index contributed by atoms with van der Waals surface area (Å²) in [6, 6.07) is 0. The van der Waals surface area contributed by atoms with Crippen molar-refractivity contribution in [2.75, 3.05) is 7.11 Å². The maximum atomic E-state index is 10.7. The molecule has 68 valence electrons. The van der Waals surface area contributed by atoms with Crippen molar-refractivity contribution in [2.24, 2.45) is 0 Å². The van der Waals surface area contributed by atoms with Crippen LogP contribution in [-0.2, 0) is 9.53 Å². The quantitative estimate of drug-likeness (QED) is 0.417. The number of rotatable bonds is 1. The second-order valence-corrected chi connectivity index (χ2v) is 2.79. The van der Waals surface area contributed by atoms with E-state index in [1.807, 2.05) is 0 Å². The number of esters is 1. The van der Waals surface area contributed by atoms with Gasteiger partial charge in [-0.2, -0.15) is 0 Å². The molecule has 1 rings (SSSR count). The molecule has 1 saturated carbocycles. The summed E-state index contributed by atoms with van der Waals surface area (Å²) in [5.74, 6) is -0.488. The lowest BCUT2D eigenvalue weighted by Gasteiger charge is -2.07. The predicted molar refractivity (Wildman–Crippen MR) is 41.3 cm³/mol. The van der Waals surface area contributed by atoms with Crippen LogP contribution in [0.4, 0.5) is 0 Å². The first-order chi connectivity index (χ1) is 5.65. The molecule has 0 aromatic rings. The summed E-state index contributed by atoms with van der Waals surface area (Å²) >= 11 is 0. The van der Waals surface area contributed by atoms with E-state index in [0.717, 1.165) is 0 Å². The number of carbonyl (C=O) groups excluding carboxylic acids is 1. The van der Waals surface area contributed by atoms with Crippen molar-refractivity contribution in [3.8, 4) is 0 Å². The molecule has 0 aliphatic heterocycles. The van der Waals surface area contributed by atoms with Crippen LogP contribution in [0.25, 0.3) is 0 Å². The minimum Gasteiger partial charge on any atom is -0.466 e. The van der Waals surface area contributed by atoms with Gasteiger partial charge in [-0.15, -0.1) is 0 Å². The van der Waals surface area contributed by atoms with Crippen LogP contribution in [0, 0.1) is 0 Å². The number of methoxy groups -OCH3 is 1. The fourth-order valence-corrected chi connectivity index (χ4v) is 1.24. The fourth-order valence-electron chi connectivity index (χ4n) is 1.24. The molecular formula is C8H12O4. The molecule has 4 heteroatoms. The molecule has 0 radical (unpaired) electrons. The van der Waals surface area contributed by atoms with E-state index in [4.69, 9.17) is 5.11 Å². The lowest BCUT2D eigenvalue weighted by molar-refractivity contribution is -0.134. The Morgan fingerprint density at radius 2 is 2.33 bits per heavy atom. The van der Waals surface area contributed by atoms with Gasteiger partial charge in [0, 0.05) is 6.08 Å². The average molecular weight is 172 g/mol. The van der Waals surface area contributed by atoms with Crippen molar-refractivity contribution >= 4 is 5.97 Å². The Hall–Kier alpha value is -0.870. The van der Waals surface area contributed by atoms with Gasteiger partial charge in [-0.1, -0.05) is 0 Å². The molecule has 0 bridgehead atoms. The molecule has 4 nitrogen and oxygen atoms in total. The van der Waals surface area contributed by atoms with Gasteiger partial charge in [0.25, 0.3) is 0 Å². The molecule has 1 aliphatic rings. The highest BCUT2D eigenvalue weighted by molar-refractivity contribution is 5.82. The van der Waals surface area contributed by atoms with Crippen molar-refractivity contribution in [3.63, 3.8) is 0 Å². The van der Waals surface area contributed by atoms with Crippen LogP contribution in [0.3, 0.4) is 0 Å². The van der Waals surface area contributed by atoms with Crippen LogP contribution in [0.15, 0.2) is 11.6 Å².